The Kier molecular flexibility index (Phi) is 5.96. The van der Waals surface area contributed by atoms with E-state index in [1.807, 2.05) is 30.3 Å². The number of fused-ring (bicyclic) bond motifs is 3. The molecule has 0 saturated heterocycles. The minimum Gasteiger partial charge on any atom is -0.340 e. The average Bonchev–Trinajstić information content (AvgIpc) is 2.99. The van der Waals surface area contributed by atoms with Gasteiger partial charge in [0.05, 0.1) is 6.21 Å². The number of hydrogen-bond acceptors (Lipinski definition) is 2. The summed E-state index contributed by atoms with van der Waals surface area (Å²) < 4.78 is 4.63. The highest BCUT2D eigenvalue weighted by Crippen LogP contribution is 2.31. The van der Waals surface area contributed by atoms with Gasteiger partial charge in [0.1, 0.15) is 0 Å². The second-order valence-corrected chi connectivity index (χ2v) is 8.92. The largest absolute Gasteiger partial charge is 0.340 e. The molecule has 1 N–H and O–H groups in total. The number of nitrogens with zero attached hydrogens (tertiary/aromatic N) is 2. The van der Waals surface area contributed by atoms with Gasteiger partial charge in [-0.05, 0) is 87.1 Å². The Morgan fingerprint density at radius 3 is 2.14 bits per heavy atom. The van der Waals surface area contributed by atoms with Gasteiger partial charge in [-0.1, -0.05) is 30.3 Å². The van der Waals surface area contributed by atoms with Crippen molar-refractivity contribution in [2.24, 2.45) is 5.10 Å². The van der Waals surface area contributed by atoms with Gasteiger partial charge in [-0.15, -0.1) is 0 Å². The second-order valence-electron chi connectivity index (χ2n) is 6.43. The summed E-state index contributed by atoms with van der Waals surface area (Å²) in [5.74, 6) is -0.0989. The summed E-state index contributed by atoms with van der Waals surface area (Å²) in [4.78, 5) is 12.3. The Labute approximate surface area is 190 Å². The zero-order chi connectivity index (χ0) is 19.5. The highest BCUT2D eigenvalue weighted by Gasteiger charge is 2.12. The molecule has 4 rings (SSSR count). The number of hydrazone groups is 1. The predicted molar refractivity (Wildman–Crippen MR) is 132 cm³/mol. The van der Waals surface area contributed by atoms with Crippen LogP contribution >= 0.6 is 45.2 Å². The lowest BCUT2D eigenvalue weighted by Gasteiger charge is -2.07. The van der Waals surface area contributed by atoms with Gasteiger partial charge >= 0.3 is 0 Å². The molecule has 0 radical (unpaired) electrons. The zero-order valence-corrected chi connectivity index (χ0v) is 19.2. The Morgan fingerprint density at radius 2 is 1.54 bits per heavy atom. The van der Waals surface area contributed by atoms with Gasteiger partial charge in [0.25, 0.3) is 0 Å². The highest BCUT2D eigenvalue weighted by molar-refractivity contribution is 14.1. The first kappa shape index (κ1) is 19.4. The molecule has 0 spiro atoms. The third kappa shape index (κ3) is 4.22. The van der Waals surface area contributed by atoms with Gasteiger partial charge in [0, 0.05) is 41.9 Å². The molecule has 1 heterocycles. The lowest BCUT2D eigenvalue weighted by atomic mass is 10.2. The van der Waals surface area contributed by atoms with Gasteiger partial charge in [-0.2, -0.15) is 5.10 Å². The number of carbonyl (C=O) groups is 1. The maximum absolute atomic E-state index is 12.3. The summed E-state index contributed by atoms with van der Waals surface area (Å²) in [6, 6.07) is 22.6. The van der Waals surface area contributed by atoms with Crippen LogP contribution in [0.5, 0.6) is 0 Å². The van der Waals surface area contributed by atoms with Crippen molar-refractivity contribution in [3.05, 3.63) is 79.4 Å². The minimum absolute atomic E-state index is 0.0989. The van der Waals surface area contributed by atoms with E-state index in [-0.39, 0.29) is 5.91 Å². The number of benzene rings is 3. The van der Waals surface area contributed by atoms with Crippen molar-refractivity contribution in [3.8, 4) is 0 Å². The predicted octanol–water partition coefficient (Wildman–Crippen LogP) is 5.54. The van der Waals surface area contributed by atoms with Crippen LogP contribution in [0.25, 0.3) is 21.8 Å². The summed E-state index contributed by atoms with van der Waals surface area (Å²) in [7, 11) is 0. The molecule has 0 saturated carbocycles. The van der Waals surface area contributed by atoms with Crippen LogP contribution in [0.1, 0.15) is 12.0 Å². The fourth-order valence-corrected chi connectivity index (χ4v) is 4.26. The van der Waals surface area contributed by atoms with Crippen LogP contribution in [-0.2, 0) is 11.3 Å². The van der Waals surface area contributed by atoms with Crippen LogP contribution in [0.3, 0.4) is 0 Å². The van der Waals surface area contributed by atoms with Crippen molar-refractivity contribution in [1.29, 1.82) is 0 Å². The van der Waals surface area contributed by atoms with Crippen molar-refractivity contribution in [2.75, 3.05) is 0 Å². The quantitative estimate of drug-likeness (QED) is 0.185. The monoisotopic (exact) mass is 593 g/mol. The standard InChI is InChI=1S/C22H17I2N3O/c23-16-6-8-20-18(12-16)19-13-17(24)7-9-21(19)27(20)11-10-22(28)26-25-14-15-4-2-1-3-5-15/h1-9,12-14H,10-11H2,(H,26,28). The average molecular weight is 593 g/mol. The maximum atomic E-state index is 12.3. The SMILES string of the molecule is O=C(CCn1c2ccc(I)cc2c2cc(I)ccc21)NN=Cc1ccccc1. The number of rotatable bonds is 5. The fourth-order valence-electron chi connectivity index (χ4n) is 3.28. The topological polar surface area (TPSA) is 46.4 Å². The van der Waals surface area contributed by atoms with E-state index in [9.17, 15) is 4.79 Å². The molecule has 3 aromatic carbocycles. The van der Waals surface area contributed by atoms with E-state index in [4.69, 9.17) is 0 Å². The van der Waals surface area contributed by atoms with Crippen molar-refractivity contribution in [2.45, 2.75) is 13.0 Å². The molecule has 140 valence electrons. The van der Waals surface area contributed by atoms with Crippen molar-refractivity contribution < 1.29 is 4.79 Å². The van der Waals surface area contributed by atoms with Crippen LogP contribution in [-0.4, -0.2) is 16.7 Å². The van der Waals surface area contributed by atoms with Gasteiger partial charge < -0.3 is 4.57 Å². The minimum atomic E-state index is -0.0989. The van der Waals surface area contributed by atoms with Gasteiger partial charge in [0.15, 0.2) is 0 Å². The normalized spacial score (nSPS) is 11.5. The lowest BCUT2D eigenvalue weighted by Crippen LogP contribution is -2.19. The van der Waals surface area contributed by atoms with Crippen LogP contribution in [0, 0.1) is 7.14 Å². The van der Waals surface area contributed by atoms with Crippen LogP contribution < -0.4 is 5.43 Å². The first-order valence-corrected chi connectivity index (χ1v) is 11.0. The Morgan fingerprint density at radius 1 is 0.929 bits per heavy atom. The van der Waals surface area contributed by atoms with Gasteiger partial charge in [-0.25, -0.2) is 5.43 Å². The summed E-state index contributed by atoms with van der Waals surface area (Å²) in [5, 5.41) is 6.50. The third-order valence-electron chi connectivity index (χ3n) is 4.55. The number of aromatic nitrogens is 1. The molecule has 0 aliphatic heterocycles. The van der Waals surface area contributed by atoms with Crippen LogP contribution in [0.2, 0.25) is 0 Å². The van der Waals surface area contributed by atoms with E-state index in [0.717, 1.165) is 16.6 Å². The fraction of sp³-hybridized carbons (Fsp3) is 0.0909. The first-order chi connectivity index (χ1) is 13.6. The van der Waals surface area contributed by atoms with E-state index in [0.29, 0.717) is 13.0 Å². The first-order valence-electron chi connectivity index (χ1n) is 8.86. The van der Waals surface area contributed by atoms with Crippen LogP contribution in [0.15, 0.2) is 71.8 Å². The lowest BCUT2D eigenvalue weighted by molar-refractivity contribution is -0.121. The number of hydrogen-bond donors (Lipinski definition) is 1. The summed E-state index contributed by atoms with van der Waals surface area (Å²) in [6.07, 6.45) is 2.02. The van der Waals surface area contributed by atoms with Crippen LogP contribution in [0.4, 0.5) is 0 Å². The summed E-state index contributed by atoms with van der Waals surface area (Å²) in [5.41, 5.74) is 5.88. The number of nitrogens with one attached hydrogen (secondary N) is 1. The van der Waals surface area contributed by atoms with Gasteiger partial charge in [-0.3, -0.25) is 4.79 Å². The molecule has 0 fully saturated rings. The third-order valence-corrected chi connectivity index (χ3v) is 5.90. The van der Waals surface area contributed by atoms with Crippen molar-refractivity contribution in [3.63, 3.8) is 0 Å². The molecule has 4 aromatic rings. The molecule has 4 nitrogen and oxygen atoms in total. The summed E-state index contributed by atoms with van der Waals surface area (Å²) >= 11 is 4.68. The smallest absolute Gasteiger partial charge is 0.241 e. The molecule has 0 atom stereocenters. The molecular formula is C22H17I2N3O. The van der Waals surface area contributed by atoms with E-state index >= 15 is 0 Å². The Hall–Kier alpha value is -1.94. The second kappa shape index (κ2) is 8.60. The number of amides is 1. The molecule has 28 heavy (non-hydrogen) atoms. The van der Waals surface area contributed by atoms with E-state index in [2.05, 4.69) is 96.7 Å². The maximum Gasteiger partial charge on any atom is 0.241 e. The Balaban J connectivity index is 1.54. The molecule has 1 aromatic heterocycles. The molecule has 0 unspecified atom stereocenters. The van der Waals surface area contributed by atoms with Gasteiger partial charge in [0.2, 0.25) is 5.91 Å². The van der Waals surface area contributed by atoms with E-state index in [1.54, 1.807) is 6.21 Å². The number of carbonyl (C=O) groups excluding carboxylic acids is 1. The van der Waals surface area contributed by atoms with Crippen molar-refractivity contribution in [1.82, 2.24) is 9.99 Å². The van der Waals surface area contributed by atoms with Crippen molar-refractivity contribution >= 4 is 79.1 Å². The zero-order valence-electron chi connectivity index (χ0n) is 14.9. The number of aryl methyl sites for hydroxylation is 1. The molecule has 0 aliphatic carbocycles. The molecule has 6 heteroatoms. The highest BCUT2D eigenvalue weighted by atomic mass is 127. The number of halogens is 2. The molecule has 0 aliphatic rings. The molecule has 1 amide bonds. The summed E-state index contributed by atoms with van der Waals surface area (Å²) in [6.45, 7) is 0.605. The molecule has 0 bridgehead atoms. The Bertz CT molecular complexity index is 1120. The van der Waals surface area contributed by atoms with E-state index in [1.165, 1.54) is 17.9 Å². The molecular weight excluding hydrogens is 576 g/mol. The van der Waals surface area contributed by atoms with E-state index < -0.39 is 0 Å².